The van der Waals surface area contributed by atoms with Crippen LogP contribution in [0.1, 0.15) is 58.3 Å². The van der Waals surface area contributed by atoms with Crippen LogP contribution in [0.25, 0.3) is 0 Å². The van der Waals surface area contributed by atoms with Gasteiger partial charge in [-0.2, -0.15) is 4.98 Å². The summed E-state index contributed by atoms with van der Waals surface area (Å²) in [6.45, 7) is 11.9. The highest BCUT2D eigenvalue weighted by molar-refractivity contribution is 5.02. The molecule has 0 radical (unpaired) electrons. The largest absolute Gasteiger partial charge is 0.350 e. The van der Waals surface area contributed by atoms with Crippen LogP contribution in [0.4, 0.5) is 0 Å². The molecule has 2 aliphatic rings. The van der Waals surface area contributed by atoms with E-state index in [-0.39, 0.29) is 17.7 Å². The Kier molecular flexibility index (Phi) is 4.52. The minimum absolute atomic E-state index is 0.00773. The minimum Gasteiger partial charge on any atom is -0.350 e. The summed E-state index contributed by atoms with van der Waals surface area (Å²) in [5.41, 5.74) is -0.0778. The second-order valence-corrected chi connectivity index (χ2v) is 7.37. The van der Waals surface area contributed by atoms with E-state index in [2.05, 4.69) is 42.7 Å². The minimum atomic E-state index is -0.0778. The zero-order chi connectivity index (χ0) is 15.7. The van der Waals surface area contributed by atoms with Crippen molar-refractivity contribution in [2.24, 2.45) is 5.92 Å². The average Bonchev–Trinajstić information content (AvgIpc) is 3.17. The molecule has 0 aliphatic carbocycles. The SMILES string of the molecule is CC(c1nc(C(C)(C)C)no1)N1CCC(C2OCCO2)CC1. The van der Waals surface area contributed by atoms with Crippen molar-refractivity contribution in [3.63, 3.8) is 0 Å². The molecule has 6 heteroatoms. The van der Waals surface area contributed by atoms with Crippen LogP contribution in [-0.2, 0) is 14.9 Å². The van der Waals surface area contributed by atoms with Gasteiger partial charge >= 0.3 is 0 Å². The van der Waals surface area contributed by atoms with Crippen molar-refractivity contribution in [1.29, 1.82) is 0 Å². The predicted molar refractivity (Wildman–Crippen MR) is 81.4 cm³/mol. The van der Waals surface area contributed by atoms with E-state index in [0.717, 1.165) is 50.9 Å². The highest BCUT2D eigenvalue weighted by Gasteiger charge is 2.33. The van der Waals surface area contributed by atoms with Gasteiger partial charge in [0.1, 0.15) is 0 Å². The molecule has 2 fully saturated rings. The quantitative estimate of drug-likeness (QED) is 0.855. The molecule has 0 amide bonds. The zero-order valence-corrected chi connectivity index (χ0v) is 14.0. The smallest absolute Gasteiger partial charge is 0.243 e. The van der Waals surface area contributed by atoms with E-state index in [1.54, 1.807) is 0 Å². The number of ether oxygens (including phenoxy) is 2. The third-order valence-electron chi connectivity index (χ3n) is 4.62. The lowest BCUT2D eigenvalue weighted by molar-refractivity contribution is -0.0997. The van der Waals surface area contributed by atoms with Crippen molar-refractivity contribution < 1.29 is 14.0 Å². The van der Waals surface area contributed by atoms with E-state index in [1.165, 1.54) is 0 Å². The standard InChI is InChI=1S/C16H27N3O3/c1-11(13-17-15(18-22-13)16(2,3)4)19-7-5-12(6-8-19)14-20-9-10-21-14/h11-12,14H,5-10H2,1-4H3. The first-order chi connectivity index (χ1) is 10.4. The summed E-state index contributed by atoms with van der Waals surface area (Å²) in [5.74, 6) is 2.01. The monoisotopic (exact) mass is 309 g/mol. The summed E-state index contributed by atoms with van der Waals surface area (Å²) in [7, 11) is 0. The Morgan fingerprint density at radius 3 is 2.32 bits per heavy atom. The zero-order valence-electron chi connectivity index (χ0n) is 14.0. The Balaban J connectivity index is 1.57. The molecule has 1 aromatic rings. The second kappa shape index (κ2) is 6.26. The van der Waals surface area contributed by atoms with Crippen molar-refractivity contribution in [3.8, 4) is 0 Å². The van der Waals surface area contributed by atoms with E-state index in [0.29, 0.717) is 5.92 Å². The van der Waals surface area contributed by atoms with Gasteiger partial charge in [0.15, 0.2) is 12.1 Å². The first-order valence-corrected chi connectivity index (χ1v) is 8.26. The van der Waals surface area contributed by atoms with Crippen molar-refractivity contribution in [2.45, 2.75) is 58.3 Å². The Morgan fingerprint density at radius 2 is 1.77 bits per heavy atom. The van der Waals surface area contributed by atoms with E-state index in [4.69, 9.17) is 14.0 Å². The van der Waals surface area contributed by atoms with E-state index in [9.17, 15) is 0 Å². The molecule has 0 N–H and O–H groups in total. The van der Waals surface area contributed by atoms with Crippen molar-refractivity contribution in [1.82, 2.24) is 15.0 Å². The van der Waals surface area contributed by atoms with Gasteiger partial charge in [0.2, 0.25) is 5.89 Å². The third kappa shape index (κ3) is 3.34. The molecule has 0 spiro atoms. The van der Waals surface area contributed by atoms with Gasteiger partial charge in [0.25, 0.3) is 0 Å². The summed E-state index contributed by atoms with van der Waals surface area (Å²) >= 11 is 0. The lowest BCUT2D eigenvalue weighted by Crippen LogP contribution is -2.39. The molecule has 2 saturated heterocycles. The Bertz CT molecular complexity index is 483. The van der Waals surface area contributed by atoms with Gasteiger partial charge in [-0.25, -0.2) is 0 Å². The molecule has 1 atom stereocenters. The third-order valence-corrected chi connectivity index (χ3v) is 4.62. The topological polar surface area (TPSA) is 60.6 Å². The fourth-order valence-corrected chi connectivity index (χ4v) is 3.09. The number of nitrogens with zero attached hydrogens (tertiary/aromatic N) is 3. The van der Waals surface area contributed by atoms with Gasteiger partial charge < -0.3 is 14.0 Å². The van der Waals surface area contributed by atoms with E-state index >= 15 is 0 Å². The summed E-state index contributed by atoms with van der Waals surface area (Å²) in [6.07, 6.45) is 2.19. The number of aromatic nitrogens is 2. The first-order valence-electron chi connectivity index (χ1n) is 8.26. The van der Waals surface area contributed by atoms with Gasteiger partial charge in [-0.1, -0.05) is 25.9 Å². The maximum Gasteiger partial charge on any atom is 0.243 e. The van der Waals surface area contributed by atoms with Gasteiger partial charge in [0, 0.05) is 11.3 Å². The van der Waals surface area contributed by atoms with Gasteiger partial charge in [-0.05, 0) is 32.9 Å². The van der Waals surface area contributed by atoms with Crippen LogP contribution in [0.3, 0.4) is 0 Å². The lowest BCUT2D eigenvalue weighted by atomic mass is 9.95. The predicted octanol–water partition coefficient (Wildman–Crippen LogP) is 2.51. The van der Waals surface area contributed by atoms with Crippen molar-refractivity contribution >= 4 is 0 Å². The van der Waals surface area contributed by atoms with Crippen LogP contribution >= 0.6 is 0 Å². The normalized spacial score (nSPS) is 24.0. The van der Waals surface area contributed by atoms with Crippen molar-refractivity contribution in [2.75, 3.05) is 26.3 Å². The summed E-state index contributed by atoms with van der Waals surface area (Å²) < 4.78 is 16.7. The molecule has 3 rings (SSSR count). The van der Waals surface area contributed by atoms with Gasteiger partial charge in [0.05, 0.1) is 19.3 Å². The Hall–Kier alpha value is -0.980. The summed E-state index contributed by atoms with van der Waals surface area (Å²) in [6, 6.07) is 0.162. The highest BCUT2D eigenvalue weighted by atomic mass is 16.7. The summed E-state index contributed by atoms with van der Waals surface area (Å²) in [5, 5.41) is 4.13. The molecule has 0 bridgehead atoms. The molecular formula is C16H27N3O3. The Labute approximate surface area is 132 Å². The lowest BCUT2D eigenvalue weighted by Gasteiger charge is -2.35. The molecule has 124 valence electrons. The maximum absolute atomic E-state index is 5.63. The number of piperidine rings is 1. The fourth-order valence-electron chi connectivity index (χ4n) is 3.09. The molecular weight excluding hydrogens is 282 g/mol. The van der Waals surface area contributed by atoms with Gasteiger partial charge in [-0.3, -0.25) is 4.90 Å². The van der Waals surface area contributed by atoms with E-state index < -0.39 is 0 Å². The van der Waals surface area contributed by atoms with Crippen LogP contribution in [0.5, 0.6) is 0 Å². The Morgan fingerprint density at radius 1 is 1.14 bits per heavy atom. The summed E-state index contributed by atoms with van der Waals surface area (Å²) in [4.78, 5) is 6.99. The molecule has 22 heavy (non-hydrogen) atoms. The molecule has 2 aliphatic heterocycles. The second-order valence-electron chi connectivity index (χ2n) is 7.37. The first kappa shape index (κ1) is 15.9. The van der Waals surface area contributed by atoms with Crippen LogP contribution in [-0.4, -0.2) is 47.6 Å². The highest BCUT2D eigenvalue weighted by Crippen LogP contribution is 2.30. The van der Waals surface area contributed by atoms with Crippen molar-refractivity contribution in [3.05, 3.63) is 11.7 Å². The average molecular weight is 309 g/mol. The van der Waals surface area contributed by atoms with Crippen LogP contribution in [0.15, 0.2) is 4.52 Å². The van der Waals surface area contributed by atoms with Crippen LogP contribution < -0.4 is 0 Å². The van der Waals surface area contributed by atoms with Crippen LogP contribution in [0, 0.1) is 5.92 Å². The molecule has 6 nitrogen and oxygen atoms in total. The molecule has 3 heterocycles. The molecule has 1 unspecified atom stereocenters. The van der Waals surface area contributed by atoms with Crippen LogP contribution in [0.2, 0.25) is 0 Å². The fraction of sp³-hybridized carbons (Fsp3) is 0.875. The number of hydrogen-bond donors (Lipinski definition) is 0. The molecule has 0 aromatic carbocycles. The molecule has 1 aromatic heterocycles. The van der Waals surface area contributed by atoms with Gasteiger partial charge in [-0.15, -0.1) is 0 Å². The molecule has 0 saturated carbocycles. The number of rotatable bonds is 3. The number of hydrogen-bond acceptors (Lipinski definition) is 6. The number of likely N-dealkylation sites (tertiary alicyclic amines) is 1. The maximum atomic E-state index is 5.63. The van der Waals surface area contributed by atoms with E-state index in [1.807, 2.05) is 0 Å².